The molecule has 1 aliphatic heterocycles. The molecule has 1 fully saturated rings. The fraction of sp³-hybridized carbons (Fsp3) is 0.833. The van der Waals surface area contributed by atoms with Crippen LogP contribution in [0.2, 0.25) is 0 Å². The topological polar surface area (TPSA) is 32.3 Å². The van der Waals surface area contributed by atoms with Gasteiger partial charge in [-0.1, -0.05) is 6.92 Å². The first-order chi connectivity index (χ1) is 4.20. The zero-order valence-electron chi connectivity index (χ0n) is 5.85. The second-order valence-corrected chi connectivity index (χ2v) is 2.67. The van der Waals surface area contributed by atoms with Gasteiger partial charge in [0.1, 0.15) is 0 Å². The summed E-state index contributed by atoms with van der Waals surface area (Å²) in [6, 6.07) is 0.0492. The van der Waals surface area contributed by atoms with Crippen LogP contribution in [0, 0.1) is 5.92 Å². The fourth-order valence-corrected chi connectivity index (χ4v) is 1.01. The predicted molar refractivity (Wildman–Crippen MR) is 35.2 cm³/mol. The van der Waals surface area contributed by atoms with Gasteiger partial charge in [0.25, 0.3) is 0 Å². The van der Waals surface area contributed by atoms with E-state index in [-0.39, 0.29) is 6.03 Å². The molecule has 1 N–H and O–H groups in total. The number of rotatable bonds is 0. The average Bonchev–Trinajstić information content (AvgIpc) is 1.80. The molecule has 0 aromatic rings. The molecule has 1 atom stereocenters. The van der Waals surface area contributed by atoms with Crippen LogP contribution in [0.5, 0.6) is 0 Å². The highest BCUT2D eigenvalue weighted by atomic mass is 16.2. The summed E-state index contributed by atoms with van der Waals surface area (Å²) in [6.45, 7) is 3.82. The van der Waals surface area contributed by atoms with Crippen molar-refractivity contribution in [2.45, 2.75) is 6.92 Å². The lowest BCUT2D eigenvalue weighted by Crippen LogP contribution is -2.48. The van der Waals surface area contributed by atoms with Gasteiger partial charge in [-0.05, 0) is 5.92 Å². The average molecular weight is 128 g/mol. The number of carbonyl (C=O) groups is 1. The number of nitrogens with one attached hydrogen (secondary N) is 1. The van der Waals surface area contributed by atoms with Gasteiger partial charge in [0.2, 0.25) is 0 Å². The van der Waals surface area contributed by atoms with Crippen LogP contribution >= 0.6 is 0 Å². The third kappa shape index (κ3) is 1.34. The summed E-state index contributed by atoms with van der Waals surface area (Å²) in [4.78, 5) is 12.5. The van der Waals surface area contributed by atoms with Crippen LogP contribution in [0.3, 0.4) is 0 Å². The maximum absolute atomic E-state index is 10.8. The van der Waals surface area contributed by atoms with Gasteiger partial charge in [-0.15, -0.1) is 0 Å². The van der Waals surface area contributed by atoms with Crippen molar-refractivity contribution in [3.63, 3.8) is 0 Å². The van der Waals surface area contributed by atoms with E-state index in [1.165, 1.54) is 0 Å². The Bertz CT molecular complexity index is 124. The highest BCUT2D eigenvalue weighted by molar-refractivity contribution is 5.74. The largest absolute Gasteiger partial charge is 0.338 e. The Kier molecular flexibility index (Phi) is 1.60. The first-order valence-corrected chi connectivity index (χ1v) is 3.19. The molecule has 9 heavy (non-hydrogen) atoms. The van der Waals surface area contributed by atoms with Crippen molar-refractivity contribution in [1.82, 2.24) is 10.2 Å². The van der Waals surface area contributed by atoms with Crippen LogP contribution in [0.1, 0.15) is 6.92 Å². The lowest BCUT2D eigenvalue weighted by atomic mass is 10.1. The number of hydrogen-bond acceptors (Lipinski definition) is 1. The Morgan fingerprint density at radius 3 is 2.89 bits per heavy atom. The Labute approximate surface area is 55.0 Å². The first-order valence-electron chi connectivity index (χ1n) is 3.19. The van der Waals surface area contributed by atoms with Crippen molar-refractivity contribution in [3.05, 3.63) is 0 Å². The lowest BCUT2D eigenvalue weighted by molar-refractivity contribution is 0.185. The van der Waals surface area contributed by atoms with Crippen LogP contribution in [-0.2, 0) is 0 Å². The van der Waals surface area contributed by atoms with E-state index in [1.807, 2.05) is 7.05 Å². The van der Waals surface area contributed by atoms with E-state index in [0.717, 1.165) is 13.1 Å². The summed E-state index contributed by atoms with van der Waals surface area (Å²) in [5.74, 6) is 0.590. The summed E-state index contributed by atoms with van der Waals surface area (Å²) in [5, 5.41) is 2.77. The molecule has 0 aromatic heterocycles. The van der Waals surface area contributed by atoms with Crippen molar-refractivity contribution in [1.29, 1.82) is 0 Å². The van der Waals surface area contributed by atoms with Gasteiger partial charge in [0.05, 0.1) is 0 Å². The molecule has 3 nitrogen and oxygen atoms in total. The van der Waals surface area contributed by atoms with Crippen LogP contribution in [0.4, 0.5) is 4.79 Å². The van der Waals surface area contributed by atoms with E-state index in [0.29, 0.717) is 5.92 Å². The Balaban J connectivity index is 2.44. The molecule has 0 radical (unpaired) electrons. The molecule has 52 valence electrons. The van der Waals surface area contributed by atoms with E-state index in [2.05, 4.69) is 12.2 Å². The highest BCUT2D eigenvalue weighted by Crippen LogP contribution is 2.01. The van der Waals surface area contributed by atoms with E-state index in [1.54, 1.807) is 4.90 Å². The smallest absolute Gasteiger partial charge is 0.317 e. The zero-order valence-corrected chi connectivity index (χ0v) is 5.85. The number of carbonyl (C=O) groups excluding carboxylic acids is 1. The standard InChI is InChI=1S/C6H12N2O/c1-5-3-7-6(9)8(2)4-5/h5H,3-4H2,1-2H3,(H,7,9)/t5-/m0/s1. The van der Waals surface area contributed by atoms with Gasteiger partial charge in [0.15, 0.2) is 0 Å². The lowest BCUT2D eigenvalue weighted by Gasteiger charge is -2.27. The molecule has 0 aliphatic carbocycles. The van der Waals surface area contributed by atoms with Crippen molar-refractivity contribution >= 4 is 6.03 Å². The van der Waals surface area contributed by atoms with E-state index >= 15 is 0 Å². The Morgan fingerprint density at radius 1 is 1.78 bits per heavy atom. The minimum absolute atomic E-state index is 0.0492. The Morgan fingerprint density at radius 2 is 2.44 bits per heavy atom. The van der Waals surface area contributed by atoms with E-state index in [9.17, 15) is 4.79 Å². The van der Waals surface area contributed by atoms with Crippen LogP contribution in [0.15, 0.2) is 0 Å². The van der Waals surface area contributed by atoms with Crippen molar-refractivity contribution in [2.24, 2.45) is 5.92 Å². The SMILES string of the molecule is C[C@H]1CNC(=O)N(C)C1. The number of hydrogen-bond donors (Lipinski definition) is 1. The quantitative estimate of drug-likeness (QED) is 0.499. The summed E-state index contributed by atoms with van der Waals surface area (Å²) in [5.41, 5.74) is 0. The molecule has 1 rings (SSSR count). The minimum atomic E-state index is 0.0492. The third-order valence-corrected chi connectivity index (χ3v) is 1.53. The summed E-state index contributed by atoms with van der Waals surface area (Å²) < 4.78 is 0. The predicted octanol–water partition coefficient (Wildman–Crippen LogP) is 0.278. The molecule has 0 aromatic carbocycles. The minimum Gasteiger partial charge on any atom is -0.338 e. The fourth-order valence-electron chi connectivity index (χ4n) is 1.01. The van der Waals surface area contributed by atoms with Gasteiger partial charge >= 0.3 is 6.03 Å². The summed E-state index contributed by atoms with van der Waals surface area (Å²) in [7, 11) is 1.81. The van der Waals surface area contributed by atoms with Gasteiger partial charge in [-0.2, -0.15) is 0 Å². The second kappa shape index (κ2) is 2.25. The molecule has 0 saturated carbocycles. The molecule has 1 saturated heterocycles. The molecule has 1 aliphatic rings. The van der Waals surface area contributed by atoms with Crippen molar-refractivity contribution in [3.8, 4) is 0 Å². The Hall–Kier alpha value is -0.730. The first kappa shape index (κ1) is 6.39. The molecule has 2 amide bonds. The molecular formula is C6H12N2O. The van der Waals surface area contributed by atoms with Gasteiger partial charge < -0.3 is 10.2 Å². The third-order valence-electron chi connectivity index (χ3n) is 1.53. The monoisotopic (exact) mass is 128 g/mol. The van der Waals surface area contributed by atoms with Crippen LogP contribution in [-0.4, -0.2) is 31.1 Å². The maximum atomic E-state index is 10.8. The summed E-state index contributed by atoms with van der Waals surface area (Å²) in [6.07, 6.45) is 0. The summed E-state index contributed by atoms with van der Waals surface area (Å²) >= 11 is 0. The van der Waals surface area contributed by atoms with Gasteiger partial charge in [-0.25, -0.2) is 4.79 Å². The number of nitrogens with zero attached hydrogens (tertiary/aromatic N) is 1. The molecule has 3 heteroatoms. The van der Waals surface area contributed by atoms with Gasteiger partial charge in [-0.3, -0.25) is 0 Å². The maximum Gasteiger partial charge on any atom is 0.317 e. The van der Waals surface area contributed by atoms with Crippen molar-refractivity contribution in [2.75, 3.05) is 20.1 Å². The number of urea groups is 1. The van der Waals surface area contributed by atoms with E-state index < -0.39 is 0 Å². The second-order valence-electron chi connectivity index (χ2n) is 2.67. The normalized spacial score (nSPS) is 28.0. The van der Waals surface area contributed by atoms with E-state index in [4.69, 9.17) is 0 Å². The molecular weight excluding hydrogens is 116 g/mol. The molecule has 0 spiro atoms. The number of amides is 2. The van der Waals surface area contributed by atoms with Gasteiger partial charge in [0, 0.05) is 20.1 Å². The van der Waals surface area contributed by atoms with Crippen LogP contribution in [0.25, 0.3) is 0 Å². The van der Waals surface area contributed by atoms with Crippen molar-refractivity contribution < 1.29 is 4.79 Å². The molecule has 1 heterocycles. The highest BCUT2D eigenvalue weighted by Gasteiger charge is 2.17. The molecule has 0 bridgehead atoms. The molecule has 0 unspecified atom stereocenters. The zero-order chi connectivity index (χ0) is 6.85. The van der Waals surface area contributed by atoms with Crippen LogP contribution < -0.4 is 5.32 Å².